The second-order valence-electron chi connectivity index (χ2n) is 3.71. The predicted molar refractivity (Wildman–Crippen MR) is 40.7 cm³/mol. The van der Waals surface area contributed by atoms with Crippen LogP contribution in [-0.2, 0) is 4.74 Å². The Balaban J connectivity index is 2.12. The molecule has 1 heterocycles. The van der Waals surface area contributed by atoms with Crippen LogP contribution in [-0.4, -0.2) is 12.2 Å². The van der Waals surface area contributed by atoms with Gasteiger partial charge in [-0.2, -0.15) is 0 Å². The third kappa shape index (κ3) is 0.734. The summed E-state index contributed by atoms with van der Waals surface area (Å²) in [6.07, 6.45) is 2.22. The first kappa shape index (κ1) is 6.41. The summed E-state index contributed by atoms with van der Waals surface area (Å²) < 4.78 is 5.47. The highest BCUT2D eigenvalue weighted by Gasteiger charge is 2.49. The van der Waals surface area contributed by atoms with E-state index in [0.717, 1.165) is 5.92 Å². The van der Waals surface area contributed by atoms with Gasteiger partial charge in [-0.15, -0.1) is 0 Å². The summed E-state index contributed by atoms with van der Waals surface area (Å²) in [6, 6.07) is 0. The van der Waals surface area contributed by atoms with Crippen LogP contribution >= 0.6 is 0 Å². The molecule has 1 saturated heterocycles. The number of hydrogen-bond donors (Lipinski definition) is 0. The SMILES string of the molecule is C=C1[C@H](C)C[C@H](C)[C@H]2O[C@@H]12. The molecule has 0 N–H and O–H groups in total. The Kier molecular flexibility index (Phi) is 1.19. The highest BCUT2D eigenvalue weighted by Crippen LogP contribution is 2.45. The molecule has 4 atom stereocenters. The van der Waals surface area contributed by atoms with E-state index in [1.54, 1.807) is 0 Å². The normalized spacial score (nSPS) is 52.4. The van der Waals surface area contributed by atoms with Crippen molar-refractivity contribution in [2.45, 2.75) is 32.5 Å². The highest BCUT2D eigenvalue weighted by atomic mass is 16.6. The molecule has 0 spiro atoms. The maximum Gasteiger partial charge on any atom is 0.105 e. The molecule has 0 aromatic carbocycles. The van der Waals surface area contributed by atoms with E-state index in [1.165, 1.54) is 12.0 Å². The van der Waals surface area contributed by atoms with Gasteiger partial charge in [-0.3, -0.25) is 0 Å². The third-order valence-corrected chi connectivity index (χ3v) is 2.81. The van der Waals surface area contributed by atoms with Gasteiger partial charge in [0.1, 0.15) is 6.10 Å². The zero-order valence-electron chi connectivity index (χ0n) is 6.63. The third-order valence-electron chi connectivity index (χ3n) is 2.81. The van der Waals surface area contributed by atoms with E-state index in [-0.39, 0.29) is 0 Å². The van der Waals surface area contributed by atoms with E-state index in [9.17, 15) is 0 Å². The Labute approximate surface area is 62.1 Å². The summed E-state index contributed by atoms with van der Waals surface area (Å²) in [5.74, 6) is 1.43. The maximum absolute atomic E-state index is 5.47. The van der Waals surface area contributed by atoms with Crippen molar-refractivity contribution in [1.29, 1.82) is 0 Å². The summed E-state index contributed by atoms with van der Waals surface area (Å²) in [4.78, 5) is 0. The number of fused-ring (bicyclic) bond motifs is 1. The molecular weight excluding hydrogens is 124 g/mol. The zero-order valence-corrected chi connectivity index (χ0v) is 6.63. The summed E-state index contributed by atoms with van der Waals surface area (Å²) in [7, 11) is 0. The minimum Gasteiger partial charge on any atom is -0.365 e. The van der Waals surface area contributed by atoms with Crippen molar-refractivity contribution in [1.82, 2.24) is 0 Å². The lowest BCUT2D eigenvalue weighted by atomic mass is 9.81. The van der Waals surface area contributed by atoms with Crippen LogP contribution in [0.3, 0.4) is 0 Å². The second-order valence-corrected chi connectivity index (χ2v) is 3.71. The van der Waals surface area contributed by atoms with E-state index in [1.807, 2.05) is 0 Å². The first-order chi connectivity index (χ1) is 4.70. The minimum absolute atomic E-state index is 0.429. The van der Waals surface area contributed by atoms with Gasteiger partial charge in [0.15, 0.2) is 0 Å². The van der Waals surface area contributed by atoms with E-state index in [0.29, 0.717) is 18.1 Å². The Bertz CT molecular complexity index is 170. The molecule has 0 aromatic rings. The fourth-order valence-electron chi connectivity index (χ4n) is 1.98. The van der Waals surface area contributed by atoms with E-state index >= 15 is 0 Å². The molecule has 0 radical (unpaired) electrons. The van der Waals surface area contributed by atoms with E-state index in [4.69, 9.17) is 4.74 Å². The molecule has 0 aromatic heterocycles. The first-order valence-corrected chi connectivity index (χ1v) is 4.04. The van der Waals surface area contributed by atoms with Crippen LogP contribution in [0, 0.1) is 11.8 Å². The van der Waals surface area contributed by atoms with Crippen LogP contribution in [0.5, 0.6) is 0 Å². The summed E-state index contributed by atoms with van der Waals surface area (Å²) in [5.41, 5.74) is 1.32. The highest BCUT2D eigenvalue weighted by molar-refractivity contribution is 5.20. The number of ether oxygens (including phenoxy) is 1. The maximum atomic E-state index is 5.47. The quantitative estimate of drug-likeness (QED) is 0.368. The van der Waals surface area contributed by atoms with Crippen molar-refractivity contribution >= 4 is 0 Å². The average molecular weight is 138 g/mol. The Morgan fingerprint density at radius 1 is 1.50 bits per heavy atom. The van der Waals surface area contributed by atoms with Crippen LogP contribution in [0.2, 0.25) is 0 Å². The van der Waals surface area contributed by atoms with Gasteiger partial charge in [-0.25, -0.2) is 0 Å². The average Bonchev–Trinajstić information content (AvgIpc) is 2.61. The molecule has 2 aliphatic rings. The standard InChI is InChI=1S/C9H14O/c1-5-4-6(2)8-9(10-8)7(5)3/h5-6,8-9H,3-4H2,1-2H3/t5-,6+,8-,9+/m1/s1. The molecule has 0 bridgehead atoms. The Morgan fingerprint density at radius 3 is 2.90 bits per heavy atom. The monoisotopic (exact) mass is 138 g/mol. The number of hydrogen-bond acceptors (Lipinski definition) is 1. The molecule has 10 heavy (non-hydrogen) atoms. The van der Waals surface area contributed by atoms with E-state index < -0.39 is 0 Å². The lowest BCUT2D eigenvalue weighted by Crippen LogP contribution is -2.21. The lowest BCUT2D eigenvalue weighted by Gasteiger charge is -2.21. The second kappa shape index (κ2) is 1.85. The predicted octanol–water partition coefficient (Wildman–Crippen LogP) is 1.99. The molecule has 56 valence electrons. The van der Waals surface area contributed by atoms with Gasteiger partial charge < -0.3 is 4.74 Å². The van der Waals surface area contributed by atoms with Crippen molar-refractivity contribution in [2.75, 3.05) is 0 Å². The van der Waals surface area contributed by atoms with Crippen molar-refractivity contribution in [3.63, 3.8) is 0 Å². The summed E-state index contributed by atoms with van der Waals surface area (Å²) >= 11 is 0. The topological polar surface area (TPSA) is 12.5 Å². The number of rotatable bonds is 0. The zero-order chi connectivity index (χ0) is 7.30. The number of epoxide rings is 1. The van der Waals surface area contributed by atoms with Crippen LogP contribution in [0.1, 0.15) is 20.3 Å². The largest absolute Gasteiger partial charge is 0.365 e. The van der Waals surface area contributed by atoms with Crippen molar-refractivity contribution in [3.8, 4) is 0 Å². The first-order valence-electron chi connectivity index (χ1n) is 4.04. The van der Waals surface area contributed by atoms with Crippen LogP contribution in [0.25, 0.3) is 0 Å². The molecule has 1 aliphatic heterocycles. The van der Waals surface area contributed by atoms with Crippen molar-refractivity contribution in [2.24, 2.45) is 11.8 Å². The van der Waals surface area contributed by atoms with Crippen molar-refractivity contribution in [3.05, 3.63) is 12.2 Å². The molecule has 2 rings (SSSR count). The molecule has 1 saturated carbocycles. The van der Waals surface area contributed by atoms with Gasteiger partial charge in [0.2, 0.25) is 0 Å². The molecule has 1 aliphatic carbocycles. The smallest absolute Gasteiger partial charge is 0.105 e. The van der Waals surface area contributed by atoms with Gasteiger partial charge in [0, 0.05) is 0 Å². The summed E-state index contributed by atoms with van der Waals surface area (Å²) in [5, 5.41) is 0. The molecule has 0 amide bonds. The molecule has 1 heteroatoms. The molecule has 1 nitrogen and oxygen atoms in total. The molecule has 2 fully saturated rings. The molecular formula is C9H14O. The van der Waals surface area contributed by atoms with Gasteiger partial charge in [0.25, 0.3) is 0 Å². The Hall–Kier alpha value is -0.300. The minimum atomic E-state index is 0.429. The summed E-state index contributed by atoms with van der Waals surface area (Å²) in [6.45, 7) is 8.55. The van der Waals surface area contributed by atoms with Crippen LogP contribution in [0.15, 0.2) is 12.2 Å². The van der Waals surface area contributed by atoms with Gasteiger partial charge in [-0.1, -0.05) is 20.4 Å². The van der Waals surface area contributed by atoms with Gasteiger partial charge in [-0.05, 0) is 23.8 Å². The van der Waals surface area contributed by atoms with Gasteiger partial charge in [0.05, 0.1) is 6.10 Å². The van der Waals surface area contributed by atoms with Crippen LogP contribution < -0.4 is 0 Å². The fourth-order valence-corrected chi connectivity index (χ4v) is 1.98. The van der Waals surface area contributed by atoms with E-state index in [2.05, 4.69) is 20.4 Å². The van der Waals surface area contributed by atoms with Crippen molar-refractivity contribution < 1.29 is 4.74 Å². The fraction of sp³-hybridized carbons (Fsp3) is 0.778. The lowest BCUT2D eigenvalue weighted by molar-refractivity contribution is 0.326. The molecule has 0 unspecified atom stereocenters. The van der Waals surface area contributed by atoms with Crippen LogP contribution in [0.4, 0.5) is 0 Å². The van der Waals surface area contributed by atoms with Gasteiger partial charge >= 0.3 is 0 Å². The Morgan fingerprint density at radius 2 is 2.20 bits per heavy atom.